The number of aryl methyl sites for hydroxylation is 2. The average molecular weight is 652 g/mol. The van der Waals surface area contributed by atoms with Crippen molar-refractivity contribution < 1.29 is 9.59 Å². The second kappa shape index (κ2) is 11.8. The quantitative estimate of drug-likeness (QED) is 0.375. The second-order valence-corrected chi connectivity index (χ2v) is 13.2. The zero-order valence-electron chi connectivity index (χ0n) is 21.3. The first-order valence-electron chi connectivity index (χ1n) is 13.4. The number of aromatic nitrogens is 1. The van der Waals surface area contributed by atoms with Crippen molar-refractivity contribution in [2.24, 2.45) is 11.8 Å². The van der Waals surface area contributed by atoms with Gasteiger partial charge >= 0.3 is 0 Å². The Hall–Kier alpha value is -1.28. The van der Waals surface area contributed by atoms with Gasteiger partial charge in [0.2, 0.25) is 5.91 Å². The van der Waals surface area contributed by atoms with Gasteiger partial charge in [0.25, 0.3) is 0 Å². The van der Waals surface area contributed by atoms with Crippen LogP contribution in [0.4, 0.5) is 0 Å². The molecule has 3 heterocycles. The maximum atomic E-state index is 13.2. The minimum absolute atomic E-state index is 0.190. The maximum Gasteiger partial charge on any atom is 0.222 e. The molecule has 5 nitrogen and oxygen atoms in total. The molecule has 1 aromatic carbocycles. The number of carbonyl (C=O) groups is 2. The molecular formula is C29H34Br2ClN3O2. The van der Waals surface area contributed by atoms with Gasteiger partial charge in [-0.25, -0.2) is 0 Å². The van der Waals surface area contributed by atoms with E-state index < -0.39 is 0 Å². The Labute approximate surface area is 241 Å². The SMILES string of the molecule is CC(=O)CN1CCC(CC(=O)N2CCC([C@H]3c4ncc(Br)cc4CCc4cc(Cl)cc(Br)c43)CC2)CC1. The summed E-state index contributed by atoms with van der Waals surface area (Å²) in [5.74, 6) is 1.54. The van der Waals surface area contributed by atoms with Crippen molar-refractivity contribution in [1.82, 2.24) is 14.8 Å². The Morgan fingerprint density at radius 3 is 2.41 bits per heavy atom. The summed E-state index contributed by atoms with van der Waals surface area (Å²) in [6.07, 6.45) is 8.39. The van der Waals surface area contributed by atoms with Crippen molar-refractivity contribution in [3.05, 3.63) is 60.7 Å². The van der Waals surface area contributed by atoms with E-state index >= 15 is 0 Å². The first-order valence-corrected chi connectivity index (χ1v) is 15.4. The zero-order chi connectivity index (χ0) is 26.1. The van der Waals surface area contributed by atoms with Crippen LogP contribution >= 0.6 is 43.5 Å². The van der Waals surface area contributed by atoms with Gasteiger partial charge < -0.3 is 4.90 Å². The topological polar surface area (TPSA) is 53.5 Å². The summed E-state index contributed by atoms with van der Waals surface area (Å²) >= 11 is 13.9. The Balaban J connectivity index is 1.27. The number of Topliss-reactive ketones (excluding diaryl/α,β-unsaturated/α-hetero) is 1. The normalized spacial score (nSPS) is 21.3. The van der Waals surface area contributed by atoms with E-state index in [0.29, 0.717) is 30.7 Å². The number of hydrogen-bond donors (Lipinski definition) is 0. The fourth-order valence-electron chi connectivity index (χ4n) is 6.55. The van der Waals surface area contributed by atoms with Crippen LogP contribution in [0.5, 0.6) is 0 Å². The summed E-state index contributed by atoms with van der Waals surface area (Å²) in [6.45, 7) is 5.62. The van der Waals surface area contributed by atoms with Crippen LogP contribution in [-0.4, -0.2) is 59.2 Å². The minimum Gasteiger partial charge on any atom is -0.343 e. The summed E-state index contributed by atoms with van der Waals surface area (Å²) in [5, 5.41) is 0.761. The van der Waals surface area contributed by atoms with E-state index in [9.17, 15) is 9.59 Å². The summed E-state index contributed by atoms with van der Waals surface area (Å²) < 4.78 is 2.08. The monoisotopic (exact) mass is 649 g/mol. The molecule has 1 aromatic heterocycles. The number of rotatable bonds is 5. The van der Waals surface area contributed by atoms with Crippen molar-refractivity contribution in [3.63, 3.8) is 0 Å². The molecule has 37 heavy (non-hydrogen) atoms. The van der Waals surface area contributed by atoms with E-state index in [1.54, 1.807) is 6.92 Å². The molecule has 8 heteroatoms. The molecule has 1 aliphatic carbocycles. The summed E-state index contributed by atoms with van der Waals surface area (Å²) in [5.41, 5.74) is 5.09. The molecule has 0 spiro atoms. The number of halogens is 3. The molecule has 2 fully saturated rings. The van der Waals surface area contributed by atoms with Crippen molar-refractivity contribution in [2.45, 2.75) is 57.8 Å². The van der Waals surface area contributed by atoms with E-state index in [0.717, 1.165) is 78.7 Å². The maximum absolute atomic E-state index is 13.2. The Morgan fingerprint density at radius 1 is 1.00 bits per heavy atom. The molecule has 198 valence electrons. The number of benzene rings is 1. The molecule has 3 aliphatic rings. The molecular weight excluding hydrogens is 618 g/mol. The fourth-order valence-corrected chi connectivity index (χ4v) is 8.05. The van der Waals surface area contributed by atoms with Gasteiger partial charge in [0.15, 0.2) is 0 Å². The number of pyridine rings is 1. The van der Waals surface area contributed by atoms with Gasteiger partial charge in [0, 0.05) is 45.6 Å². The van der Waals surface area contributed by atoms with Gasteiger partial charge in [-0.15, -0.1) is 0 Å². The van der Waals surface area contributed by atoms with Crippen molar-refractivity contribution >= 4 is 55.2 Å². The van der Waals surface area contributed by atoms with Gasteiger partial charge in [-0.3, -0.25) is 19.5 Å². The highest BCUT2D eigenvalue weighted by atomic mass is 79.9. The molecule has 0 N–H and O–H groups in total. The van der Waals surface area contributed by atoms with Crippen LogP contribution in [0.3, 0.4) is 0 Å². The molecule has 1 atom stereocenters. The van der Waals surface area contributed by atoms with Crippen molar-refractivity contribution in [3.8, 4) is 0 Å². The standard InChI is InChI=1S/C29H34Br2ClN3O2/c1-18(36)17-34-8-4-19(5-9-34)12-26(37)35-10-6-20(7-11-35)28-27-21(14-24(32)15-25(27)31)2-3-22-13-23(30)16-33-29(22)28/h13-16,19-20,28H,2-12,17H2,1H3/t28-/m1/s1. The van der Waals surface area contributed by atoms with Gasteiger partial charge in [-0.1, -0.05) is 27.5 Å². The van der Waals surface area contributed by atoms with Crippen LogP contribution in [0.1, 0.15) is 67.3 Å². The smallest absolute Gasteiger partial charge is 0.222 e. The Morgan fingerprint density at radius 2 is 1.70 bits per heavy atom. The number of likely N-dealkylation sites (tertiary alicyclic amines) is 2. The first kappa shape index (κ1) is 27.3. The third-order valence-corrected chi connectivity index (χ3v) is 9.71. The second-order valence-electron chi connectivity index (χ2n) is 11.0. The Bertz CT molecular complexity index is 1170. The Kier molecular flexibility index (Phi) is 8.74. The molecule has 2 saturated heterocycles. The number of hydrogen-bond acceptors (Lipinski definition) is 4. The van der Waals surface area contributed by atoms with Crippen LogP contribution < -0.4 is 0 Å². The lowest BCUT2D eigenvalue weighted by Gasteiger charge is -2.38. The van der Waals surface area contributed by atoms with E-state index in [1.807, 2.05) is 12.3 Å². The molecule has 0 bridgehead atoms. The number of ketones is 1. The van der Waals surface area contributed by atoms with Crippen LogP contribution in [0.15, 0.2) is 33.3 Å². The average Bonchev–Trinajstić information content (AvgIpc) is 3.02. The molecule has 0 radical (unpaired) electrons. The van der Waals surface area contributed by atoms with Crippen LogP contribution in [0.25, 0.3) is 0 Å². The van der Waals surface area contributed by atoms with Gasteiger partial charge in [-0.2, -0.15) is 0 Å². The number of fused-ring (bicyclic) bond motifs is 2. The lowest BCUT2D eigenvalue weighted by Crippen LogP contribution is -2.42. The minimum atomic E-state index is 0.190. The molecule has 0 saturated carbocycles. The van der Waals surface area contributed by atoms with Crippen molar-refractivity contribution in [2.75, 3.05) is 32.7 Å². The molecule has 2 aliphatic heterocycles. The summed E-state index contributed by atoms with van der Waals surface area (Å²) in [4.78, 5) is 33.9. The van der Waals surface area contributed by atoms with Crippen LogP contribution in [0.2, 0.25) is 5.02 Å². The fraction of sp³-hybridized carbons (Fsp3) is 0.552. The molecule has 1 amide bonds. The number of piperidine rings is 2. The van der Waals surface area contributed by atoms with E-state index in [4.69, 9.17) is 16.6 Å². The van der Waals surface area contributed by atoms with Gasteiger partial charge in [0.05, 0.1) is 12.2 Å². The highest BCUT2D eigenvalue weighted by molar-refractivity contribution is 9.10. The summed E-state index contributed by atoms with van der Waals surface area (Å²) in [7, 11) is 0. The number of amides is 1. The molecule has 5 rings (SSSR count). The zero-order valence-corrected chi connectivity index (χ0v) is 25.2. The largest absolute Gasteiger partial charge is 0.343 e. The molecule has 2 aromatic rings. The van der Waals surface area contributed by atoms with Crippen molar-refractivity contribution in [1.29, 1.82) is 0 Å². The predicted molar refractivity (Wildman–Crippen MR) is 154 cm³/mol. The molecule has 0 unspecified atom stereocenters. The highest BCUT2D eigenvalue weighted by Crippen LogP contribution is 2.46. The third kappa shape index (κ3) is 6.32. The lowest BCUT2D eigenvalue weighted by molar-refractivity contribution is -0.134. The highest BCUT2D eigenvalue weighted by Gasteiger charge is 2.36. The third-order valence-electron chi connectivity index (χ3n) is 8.40. The van der Waals surface area contributed by atoms with Gasteiger partial charge in [-0.05, 0) is 121 Å². The first-order chi connectivity index (χ1) is 17.8. The van der Waals surface area contributed by atoms with E-state index in [2.05, 4.69) is 53.8 Å². The van der Waals surface area contributed by atoms with Gasteiger partial charge in [0.1, 0.15) is 5.78 Å². The number of nitrogens with zero attached hydrogens (tertiary/aromatic N) is 3. The lowest BCUT2D eigenvalue weighted by atomic mass is 9.76. The predicted octanol–water partition coefficient (Wildman–Crippen LogP) is 6.42. The van der Waals surface area contributed by atoms with Crippen LogP contribution in [0, 0.1) is 11.8 Å². The van der Waals surface area contributed by atoms with E-state index in [-0.39, 0.29) is 11.7 Å². The van der Waals surface area contributed by atoms with Crippen LogP contribution in [-0.2, 0) is 22.4 Å². The summed E-state index contributed by atoms with van der Waals surface area (Å²) in [6, 6.07) is 6.35. The number of carbonyl (C=O) groups excluding carboxylic acids is 2. The van der Waals surface area contributed by atoms with E-state index in [1.165, 1.54) is 22.4 Å².